The van der Waals surface area contributed by atoms with Gasteiger partial charge in [0.1, 0.15) is 13.2 Å². The number of carbonyl (C=O) groups excluding carboxylic acids is 3. The predicted octanol–water partition coefficient (Wildman–Crippen LogP) is 4.62. The van der Waals surface area contributed by atoms with E-state index in [1.54, 1.807) is 41.3 Å². The molecule has 0 bridgehead atoms. The highest BCUT2D eigenvalue weighted by molar-refractivity contribution is 8.18. The van der Waals surface area contributed by atoms with Crippen molar-refractivity contribution in [3.05, 3.63) is 68.6 Å². The maximum Gasteiger partial charge on any atom is 0.294 e. The van der Waals surface area contributed by atoms with Crippen LogP contribution < -0.4 is 9.47 Å². The average molecular weight is 526 g/mol. The number of likely N-dealkylation sites (tertiary alicyclic amines) is 1. The van der Waals surface area contributed by atoms with Crippen molar-refractivity contribution in [1.82, 2.24) is 9.80 Å². The fraction of sp³-hybridized carbons (Fsp3) is 0.346. The number of nitro groups is 1. The number of rotatable bonds is 9. The van der Waals surface area contributed by atoms with E-state index in [1.807, 2.05) is 6.92 Å². The molecule has 4 rings (SSSR count). The summed E-state index contributed by atoms with van der Waals surface area (Å²) in [5.74, 6) is 0.225. The van der Waals surface area contributed by atoms with Crippen LogP contribution in [0.4, 0.5) is 10.5 Å². The molecule has 2 heterocycles. The summed E-state index contributed by atoms with van der Waals surface area (Å²) in [4.78, 5) is 51.2. The number of nitro benzene ring substituents is 1. The van der Waals surface area contributed by atoms with E-state index in [-0.39, 0.29) is 29.7 Å². The van der Waals surface area contributed by atoms with Crippen LogP contribution in [0.2, 0.25) is 0 Å². The van der Waals surface area contributed by atoms with Crippen LogP contribution in [0.25, 0.3) is 6.08 Å². The molecule has 0 aromatic heterocycles. The first kappa shape index (κ1) is 26.2. The van der Waals surface area contributed by atoms with Gasteiger partial charge in [0.05, 0.1) is 16.4 Å². The lowest BCUT2D eigenvalue weighted by Gasteiger charge is -2.27. The van der Waals surface area contributed by atoms with E-state index in [0.717, 1.165) is 41.5 Å². The molecule has 11 heteroatoms. The van der Waals surface area contributed by atoms with Gasteiger partial charge in [-0.05, 0) is 79.4 Å². The molecule has 2 aliphatic rings. The first-order chi connectivity index (χ1) is 17.9. The fourth-order valence-corrected chi connectivity index (χ4v) is 4.88. The van der Waals surface area contributed by atoms with Crippen molar-refractivity contribution < 1.29 is 28.8 Å². The first-order valence-corrected chi connectivity index (χ1v) is 12.8. The number of nitrogens with zero attached hydrogens (tertiary/aromatic N) is 3. The van der Waals surface area contributed by atoms with Gasteiger partial charge in [-0.2, -0.15) is 0 Å². The highest BCUT2D eigenvalue weighted by Gasteiger charge is 2.37. The molecule has 0 radical (unpaired) electrons. The zero-order valence-corrected chi connectivity index (χ0v) is 21.2. The Morgan fingerprint density at radius 2 is 1.78 bits per heavy atom. The van der Waals surface area contributed by atoms with E-state index in [9.17, 15) is 24.5 Å². The van der Waals surface area contributed by atoms with Crippen molar-refractivity contribution in [3.8, 4) is 11.5 Å². The van der Waals surface area contributed by atoms with Crippen LogP contribution in [-0.4, -0.2) is 58.0 Å². The molecule has 10 nitrogen and oxygen atoms in total. The molecule has 0 N–H and O–H groups in total. The van der Waals surface area contributed by atoms with Crippen molar-refractivity contribution >= 4 is 40.6 Å². The van der Waals surface area contributed by atoms with Gasteiger partial charge in [0.2, 0.25) is 5.91 Å². The normalized spacial score (nSPS) is 16.8. The van der Waals surface area contributed by atoms with Gasteiger partial charge in [-0.1, -0.05) is 6.07 Å². The molecule has 0 spiro atoms. The summed E-state index contributed by atoms with van der Waals surface area (Å²) in [6.45, 7) is 3.46. The van der Waals surface area contributed by atoms with E-state index in [1.165, 1.54) is 12.1 Å². The van der Waals surface area contributed by atoms with Gasteiger partial charge in [0.25, 0.3) is 16.8 Å². The van der Waals surface area contributed by atoms with Crippen LogP contribution in [-0.2, 0) is 16.2 Å². The number of ether oxygens (including phenoxy) is 2. The molecule has 2 aliphatic heterocycles. The third kappa shape index (κ3) is 6.48. The highest BCUT2D eigenvalue weighted by Crippen LogP contribution is 2.35. The Balaban J connectivity index is 1.44. The fourth-order valence-electron chi connectivity index (χ4n) is 4.04. The zero-order valence-electron chi connectivity index (χ0n) is 20.4. The summed E-state index contributed by atoms with van der Waals surface area (Å²) in [6, 6.07) is 11.2. The molecule has 0 aliphatic carbocycles. The second kappa shape index (κ2) is 11.9. The van der Waals surface area contributed by atoms with Crippen LogP contribution in [0, 0.1) is 10.1 Å². The van der Waals surface area contributed by atoms with E-state index in [2.05, 4.69) is 0 Å². The number of benzene rings is 2. The van der Waals surface area contributed by atoms with Crippen molar-refractivity contribution in [3.63, 3.8) is 0 Å². The topological polar surface area (TPSA) is 119 Å². The first-order valence-electron chi connectivity index (χ1n) is 12.0. The minimum Gasteiger partial charge on any atom is -0.490 e. The van der Waals surface area contributed by atoms with Gasteiger partial charge in [-0.3, -0.25) is 29.4 Å². The van der Waals surface area contributed by atoms with Crippen molar-refractivity contribution in [2.24, 2.45) is 0 Å². The zero-order chi connectivity index (χ0) is 26.4. The van der Waals surface area contributed by atoms with Gasteiger partial charge in [-0.15, -0.1) is 0 Å². The van der Waals surface area contributed by atoms with Crippen LogP contribution in [0.1, 0.15) is 37.3 Å². The molecule has 0 unspecified atom stereocenters. The number of hydrogen-bond acceptors (Lipinski definition) is 8. The van der Waals surface area contributed by atoms with Crippen LogP contribution >= 0.6 is 11.8 Å². The van der Waals surface area contributed by atoms with Crippen LogP contribution in [0.5, 0.6) is 11.5 Å². The molecule has 2 fully saturated rings. The van der Waals surface area contributed by atoms with Gasteiger partial charge in [0.15, 0.2) is 11.5 Å². The third-order valence-electron chi connectivity index (χ3n) is 5.98. The smallest absolute Gasteiger partial charge is 0.294 e. The second-order valence-electron chi connectivity index (χ2n) is 8.56. The lowest BCUT2D eigenvalue weighted by Crippen LogP contribution is -2.44. The number of amides is 3. The monoisotopic (exact) mass is 525 g/mol. The number of carbonyl (C=O) groups is 3. The van der Waals surface area contributed by atoms with Gasteiger partial charge < -0.3 is 14.4 Å². The molecule has 2 aromatic rings. The minimum absolute atomic E-state index is 0.00313. The summed E-state index contributed by atoms with van der Waals surface area (Å²) in [5, 5.41) is 10.4. The minimum atomic E-state index is -0.489. The molecular formula is C26H27N3O7S. The molecule has 0 saturated carbocycles. The lowest BCUT2D eigenvalue weighted by molar-refractivity contribution is -0.384. The standard InChI is InChI=1S/C26H27N3O7S/c1-2-35-22-14-19(8-11-21(22)36-17-18-6-9-20(10-7-18)29(33)34)15-23-25(31)28(26(32)37-23)16-24(30)27-12-4-3-5-13-27/h6-11,14-15H,2-5,12-13,16-17H2,1H3/b23-15+. The molecule has 2 saturated heterocycles. The summed E-state index contributed by atoms with van der Waals surface area (Å²) < 4.78 is 11.6. The number of imide groups is 1. The van der Waals surface area contributed by atoms with E-state index in [0.29, 0.717) is 36.8 Å². The lowest BCUT2D eigenvalue weighted by atomic mass is 10.1. The highest BCUT2D eigenvalue weighted by atomic mass is 32.2. The summed E-state index contributed by atoms with van der Waals surface area (Å²) >= 11 is 0.807. The predicted molar refractivity (Wildman–Crippen MR) is 138 cm³/mol. The third-order valence-corrected chi connectivity index (χ3v) is 6.89. The van der Waals surface area contributed by atoms with E-state index < -0.39 is 16.1 Å². The molecule has 0 atom stereocenters. The second-order valence-corrected chi connectivity index (χ2v) is 9.55. The molecular weight excluding hydrogens is 498 g/mol. The Labute approximate surface area is 218 Å². The Morgan fingerprint density at radius 1 is 1.05 bits per heavy atom. The quantitative estimate of drug-likeness (QED) is 0.264. The summed E-state index contributed by atoms with van der Waals surface area (Å²) in [6.07, 6.45) is 4.55. The molecule has 3 amide bonds. The van der Waals surface area contributed by atoms with E-state index >= 15 is 0 Å². The van der Waals surface area contributed by atoms with Crippen molar-refractivity contribution in [1.29, 1.82) is 0 Å². The summed E-state index contributed by atoms with van der Waals surface area (Å²) in [7, 11) is 0. The van der Waals surface area contributed by atoms with Crippen molar-refractivity contribution in [2.75, 3.05) is 26.2 Å². The van der Waals surface area contributed by atoms with Crippen LogP contribution in [0.15, 0.2) is 47.4 Å². The van der Waals surface area contributed by atoms with Gasteiger partial charge >= 0.3 is 0 Å². The number of piperidine rings is 1. The Morgan fingerprint density at radius 3 is 2.46 bits per heavy atom. The van der Waals surface area contributed by atoms with Crippen LogP contribution in [0.3, 0.4) is 0 Å². The van der Waals surface area contributed by atoms with E-state index in [4.69, 9.17) is 9.47 Å². The number of non-ortho nitro benzene ring substituents is 1. The van der Waals surface area contributed by atoms with Gasteiger partial charge in [-0.25, -0.2) is 0 Å². The Bertz CT molecular complexity index is 1220. The average Bonchev–Trinajstić information content (AvgIpc) is 3.16. The maximum absolute atomic E-state index is 12.9. The Hall–Kier alpha value is -3.86. The Kier molecular flexibility index (Phi) is 8.44. The van der Waals surface area contributed by atoms with Gasteiger partial charge in [0, 0.05) is 25.2 Å². The number of thioether (sulfide) groups is 1. The molecule has 2 aromatic carbocycles. The molecule has 37 heavy (non-hydrogen) atoms. The summed E-state index contributed by atoms with van der Waals surface area (Å²) in [5.41, 5.74) is 1.40. The number of hydrogen-bond donors (Lipinski definition) is 0. The SMILES string of the molecule is CCOc1cc(/C=C2/SC(=O)N(CC(=O)N3CCCCC3)C2=O)ccc1OCc1ccc([N+](=O)[O-])cc1. The maximum atomic E-state index is 12.9. The molecule has 194 valence electrons. The largest absolute Gasteiger partial charge is 0.490 e. The van der Waals surface area contributed by atoms with Crippen molar-refractivity contribution in [2.45, 2.75) is 32.8 Å².